The van der Waals surface area contributed by atoms with Crippen LogP contribution in [-0.2, 0) is 16.8 Å². The maximum atomic E-state index is 11.9. The Morgan fingerprint density at radius 3 is 2.79 bits per heavy atom. The molecule has 0 heterocycles. The molecule has 1 atom stereocenters. The highest BCUT2D eigenvalue weighted by molar-refractivity contribution is 5.82. The summed E-state index contributed by atoms with van der Waals surface area (Å²) in [5, 5.41) is 13.0. The number of nitrogens with one attached hydrogen (secondary N) is 1. The molecule has 2 rings (SSSR count). The van der Waals surface area contributed by atoms with Gasteiger partial charge < -0.3 is 9.84 Å². The molecule has 1 aromatic rings. The molecule has 1 aliphatic rings. The molecule has 0 saturated carbocycles. The number of aryl methyl sites for hydroxylation is 1. The third-order valence-corrected chi connectivity index (χ3v) is 3.67. The standard InChI is InChI=1S/C15H21NO3/c1-10(2)16-15(14(17)18)8-4-5-11-6-7-12(19-3)9-13(11)15/h6-7,9-10,16H,4-5,8H2,1-3H3,(H,17,18). The third-order valence-electron chi connectivity index (χ3n) is 3.67. The van der Waals surface area contributed by atoms with E-state index in [4.69, 9.17) is 4.74 Å². The zero-order valence-electron chi connectivity index (χ0n) is 11.7. The molecule has 2 N–H and O–H groups in total. The van der Waals surface area contributed by atoms with Crippen LogP contribution in [0.15, 0.2) is 18.2 Å². The molecule has 4 heteroatoms. The zero-order chi connectivity index (χ0) is 14.0. The largest absolute Gasteiger partial charge is 0.497 e. The van der Waals surface area contributed by atoms with Crippen molar-refractivity contribution in [3.8, 4) is 5.75 Å². The Morgan fingerprint density at radius 2 is 2.21 bits per heavy atom. The first-order chi connectivity index (χ1) is 8.99. The fourth-order valence-corrected chi connectivity index (χ4v) is 2.90. The molecule has 19 heavy (non-hydrogen) atoms. The molecule has 0 bridgehead atoms. The summed E-state index contributed by atoms with van der Waals surface area (Å²) in [5.74, 6) is -0.104. The number of carboxylic acids is 1. The number of hydrogen-bond donors (Lipinski definition) is 2. The van der Waals surface area contributed by atoms with Gasteiger partial charge in [0.25, 0.3) is 0 Å². The fourth-order valence-electron chi connectivity index (χ4n) is 2.90. The quantitative estimate of drug-likeness (QED) is 0.875. The van der Waals surface area contributed by atoms with Crippen LogP contribution in [0.2, 0.25) is 0 Å². The summed E-state index contributed by atoms with van der Waals surface area (Å²) in [6.07, 6.45) is 2.42. The number of hydrogen-bond acceptors (Lipinski definition) is 3. The van der Waals surface area contributed by atoms with Gasteiger partial charge in [-0.05, 0) is 56.4 Å². The van der Waals surface area contributed by atoms with E-state index in [1.165, 1.54) is 0 Å². The van der Waals surface area contributed by atoms with E-state index in [1.54, 1.807) is 7.11 Å². The molecule has 0 saturated heterocycles. The lowest BCUT2D eigenvalue weighted by Gasteiger charge is -2.38. The molecular weight excluding hydrogens is 242 g/mol. The normalized spacial score (nSPS) is 22.1. The van der Waals surface area contributed by atoms with Crippen molar-refractivity contribution in [1.29, 1.82) is 0 Å². The van der Waals surface area contributed by atoms with Crippen molar-refractivity contribution in [2.24, 2.45) is 0 Å². The first-order valence-corrected chi connectivity index (χ1v) is 6.68. The number of benzene rings is 1. The average molecular weight is 263 g/mol. The summed E-state index contributed by atoms with van der Waals surface area (Å²) < 4.78 is 5.24. The molecule has 104 valence electrons. The van der Waals surface area contributed by atoms with Gasteiger partial charge in [-0.1, -0.05) is 6.07 Å². The van der Waals surface area contributed by atoms with Gasteiger partial charge in [-0.2, -0.15) is 0 Å². The maximum Gasteiger partial charge on any atom is 0.328 e. The minimum atomic E-state index is -0.990. The maximum absolute atomic E-state index is 11.9. The van der Waals surface area contributed by atoms with Crippen LogP contribution in [0.25, 0.3) is 0 Å². The summed E-state index contributed by atoms with van der Waals surface area (Å²) in [6.45, 7) is 3.94. The second-order valence-electron chi connectivity index (χ2n) is 5.39. The Bertz CT molecular complexity index is 484. The van der Waals surface area contributed by atoms with E-state index >= 15 is 0 Å². The number of methoxy groups -OCH3 is 1. The van der Waals surface area contributed by atoms with Crippen LogP contribution < -0.4 is 10.1 Å². The van der Waals surface area contributed by atoms with E-state index < -0.39 is 11.5 Å². The molecular formula is C15H21NO3. The predicted octanol–water partition coefficient (Wildman–Crippen LogP) is 2.31. The van der Waals surface area contributed by atoms with Crippen LogP contribution in [0.3, 0.4) is 0 Å². The minimum absolute atomic E-state index is 0.105. The van der Waals surface area contributed by atoms with Crippen LogP contribution >= 0.6 is 0 Å². The third kappa shape index (κ3) is 2.45. The smallest absolute Gasteiger partial charge is 0.328 e. The molecule has 4 nitrogen and oxygen atoms in total. The predicted molar refractivity (Wildman–Crippen MR) is 73.5 cm³/mol. The van der Waals surface area contributed by atoms with Crippen LogP contribution in [0, 0.1) is 0 Å². The SMILES string of the molecule is COc1ccc2c(c1)C(NC(C)C)(C(=O)O)CCC2. The van der Waals surface area contributed by atoms with Crippen molar-refractivity contribution in [2.45, 2.75) is 44.7 Å². The fraction of sp³-hybridized carbons (Fsp3) is 0.533. The molecule has 0 aliphatic heterocycles. The van der Waals surface area contributed by atoms with E-state index in [9.17, 15) is 9.90 Å². The summed E-state index contributed by atoms with van der Waals surface area (Å²) in [6, 6.07) is 5.84. The monoisotopic (exact) mass is 263 g/mol. The van der Waals surface area contributed by atoms with Gasteiger partial charge >= 0.3 is 5.97 Å². The van der Waals surface area contributed by atoms with E-state index in [0.717, 1.165) is 24.0 Å². The van der Waals surface area contributed by atoms with Crippen molar-refractivity contribution in [3.05, 3.63) is 29.3 Å². The molecule has 1 unspecified atom stereocenters. The lowest BCUT2D eigenvalue weighted by molar-refractivity contribution is -0.146. The highest BCUT2D eigenvalue weighted by Crippen LogP contribution is 2.38. The number of rotatable bonds is 4. The Kier molecular flexibility index (Phi) is 3.80. The molecule has 1 aromatic carbocycles. The molecule has 0 spiro atoms. The van der Waals surface area contributed by atoms with E-state index in [1.807, 2.05) is 32.0 Å². The van der Waals surface area contributed by atoms with Crippen molar-refractivity contribution < 1.29 is 14.6 Å². The van der Waals surface area contributed by atoms with Crippen molar-refractivity contribution in [3.63, 3.8) is 0 Å². The first-order valence-electron chi connectivity index (χ1n) is 6.68. The lowest BCUT2D eigenvalue weighted by atomic mass is 9.76. The van der Waals surface area contributed by atoms with Gasteiger partial charge in [0.05, 0.1) is 7.11 Å². The second kappa shape index (κ2) is 5.21. The number of carbonyl (C=O) groups is 1. The number of carboxylic acid groups (broad SMARTS) is 1. The number of ether oxygens (including phenoxy) is 1. The lowest BCUT2D eigenvalue weighted by Crippen LogP contribution is -2.53. The van der Waals surface area contributed by atoms with Crippen LogP contribution in [-0.4, -0.2) is 24.2 Å². The summed E-state index contributed by atoms with van der Waals surface area (Å²) in [5.41, 5.74) is 0.956. The molecule has 0 fully saturated rings. The molecule has 1 aliphatic carbocycles. The molecule has 0 radical (unpaired) electrons. The van der Waals surface area contributed by atoms with Gasteiger partial charge in [-0.15, -0.1) is 0 Å². The summed E-state index contributed by atoms with van der Waals surface area (Å²) in [4.78, 5) is 11.9. The van der Waals surface area contributed by atoms with Gasteiger partial charge in [0.2, 0.25) is 0 Å². The zero-order valence-corrected chi connectivity index (χ0v) is 11.7. The molecule has 0 aromatic heterocycles. The number of fused-ring (bicyclic) bond motifs is 1. The van der Waals surface area contributed by atoms with Gasteiger partial charge in [0.1, 0.15) is 11.3 Å². The Balaban J connectivity index is 2.55. The van der Waals surface area contributed by atoms with Crippen LogP contribution in [0.4, 0.5) is 0 Å². The highest BCUT2D eigenvalue weighted by atomic mass is 16.5. The van der Waals surface area contributed by atoms with E-state index in [-0.39, 0.29) is 6.04 Å². The first kappa shape index (κ1) is 13.9. The van der Waals surface area contributed by atoms with Gasteiger partial charge in [-0.3, -0.25) is 5.32 Å². The van der Waals surface area contributed by atoms with Crippen LogP contribution in [0.1, 0.15) is 37.8 Å². The minimum Gasteiger partial charge on any atom is -0.497 e. The average Bonchev–Trinajstić information content (AvgIpc) is 2.37. The van der Waals surface area contributed by atoms with Crippen LogP contribution in [0.5, 0.6) is 5.75 Å². The Hall–Kier alpha value is -1.55. The highest BCUT2D eigenvalue weighted by Gasteiger charge is 2.44. The Labute approximate surface area is 113 Å². The Morgan fingerprint density at radius 1 is 1.47 bits per heavy atom. The van der Waals surface area contributed by atoms with Crippen molar-refractivity contribution >= 4 is 5.97 Å². The second-order valence-corrected chi connectivity index (χ2v) is 5.39. The summed E-state index contributed by atoms with van der Waals surface area (Å²) >= 11 is 0. The molecule has 0 amide bonds. The van der Waals surface area contributed by atoms with E-state index in [0.29, 0.717) is 12.2 Å². The topological polar surface area (TPSA) is 58.6 Å². The van der Waals surface area contributed by atoms with Gasteiger partial charge in [0, 0.05) is 6.04 Å². The summed E-state index contributed by atoms with van der Waals surface area (Å²) in [7, 11) is 1.60. The number of aliphatic carboxylic acids is 1. The van der Waals surface area contributed by atoms with Gasteiger partial charge in [-0.25, -0.2) is 4.79 Å². The van der Waals surface area contributed by atoms with Gasteiger partial charge in [0.15, 0.2) is 0 Å². The van der Waals surface area contributed by atoms with Crippen molar-refractivity contribution in [1.82, 2.24) is 5.32 Å². The van der Waals surface area contributed by atoms with E-state index in [2.05, 4.69) is 5.32 Å². The van der Waals surface area contributed by atoms with Crippen molar-refractivity contribution in [2.75, 3.05) is 7.11 Å².